The Hall–Kier alpha value is -2.70. The quantitative estimate of drug-likeness (QED) is 0.0338. The van der Waals surface area contributed by atoms with Gasteiger partial charge >= 0.3 is 11.9 Å². The minimum atomic E-state index is -0.827. The van der Waals surface area contributed by atoms with Crippen LogP contribution in [0.4, 0.5) is 0 Å². The normalized spacial score (nSPS) is 13.7. The second-order valence-corrected chi connectivity index (χ2v) is 11.8. The van der Waals surface area contributed by atoms with Crippen molar-refractivity contribution in [3.8, 4) is 0 Å². The third kappa shape index (κ3) is 32.7. The smallest absolute Gasteiger partial charge is 0.306 e. The molecule has 46 heavy (non-hydrogen) atoms. The first-order chi connectivity index (χ1) is 22.5. The first-order valence-corrected chi connectivity index (χ1v) is 18.1. The van der Waals surface area contributed by atoms with E-state index < -0.39 is 18.2 Å². The van der Waals surface area contributed by atoms with Crippen LogP contribution in [0.2, 0.25) is 0 Å². The number of esters is 2. The van der Waals surface area contributed by atoms with Crippen LogP contribution in [-0.4, -0.2) is 47.6 Å². The van der Waals surface area contributed by atoms with Crippen molar-refractivity contribution in [1.29, 1.82) is 0 Å². The van der Waals surface area contributed by atoms with Crippen molar-refractivity contribution in [2.24, 2.45) is 0 Å². The number of rotatable bonds is 31. The third-order valence-electron chi connectivity index (χ3n) is 7.36. The Morgan fingerprint density at radius 3 is 1.83 bits per heavy atom. The molecule has 0 aliphatic carbocycles. The number of hydrogen-bond donors (Lipinski definition) is 2. The molecule has 262 valence electrons. The molecule has 0 saturated heterocycles. The molecular formula is C40H66O6. The molecule has 0 saturated carbocycles. The summed E-state index contributed by atoms with van der Waals surface area (Å²) in [6.07, 6.45) is 42.8. The predicted octanol–water partition coefficient (Wildman–Crippen LogP) is 9.97. The van der Waals surface area contributed by atoms with Crippen LogP contribution < -0.4 is 0 Å². The molecule has 0 spiro atoms. The van der Waals surface area contributed by atoms with E-state index in [1.807, 2.05) is 36.5 Å². The second kappa shape index (κ2) is 35.2. The van der Waals surface area contributed by atoms with Crippen LogP contribution in [-0.2, 0) is 19.1 Å². The first-order valence-electron chi connectivity index (χ1n) is 18.1. The summed E-state index contributed by atoms with van der Waals surface area (Å²) in [5.41, 5.74) is 0. The zero-order chi connectivity index (χ0) is 33.8. The summed E-state index contributed by atoms with van der Waals surface area (Å²) in [6, 6.07) is 0. The van der Waals surface area contributed by atoms with Crippen molar-refractivity contribution in [3.63, 3.8) is 0 Å². The highest BCUT2D eigenvalue weighted by Gasteiger charge is 2.15. The molecule has 2 atom stereocenters. The lowest BCUT2D eigenvalue weighted by molar-refractivity contribution is -0.161. The molecule has 0 radical (unpaired) electrons. The van der Waals surface area contributed by atoms with Gasteiger partial charge in [0.2, 0.25) is 0 Å². The van der Waals surface area contributed by atoms with Gasteiger partial charge in [0, 0.05) is 12.8 Å². The number of carbonyl (C=O) groups excluding carboxylic acids is 2. The van der Waals surface area contributed by atoms with Crippen LogP contribution in [0, 0.1) is 0 Å². The van der Waals surface area contributed by atoms with E-state index in [0.29, 0.717) is 19.3 Å². The maximum Gasteiger partial charge on any atom is 0.306 e. The maximum absolute atomic E-state index is 12.1. The van der Waals surface area contributed by atoms with E-state index in [-0.39, 0.29) is 25.6 Å². The highest BCUT2D eigenvalue weighted by molar-refractivity contribution is 5.70. The van der Waals surface area contributed by atoms with Gasteiger partial charge in [-0.15, -0.1) is 0 Å². The molecule has 6 nitrogen and oxygen atoms in total. The zero-order valence-electron chi connectivity index (χ0n) is 29.2. The van der Waals surface area contributed by atoms with E-state index >= 15 is 0 Å². The van der Waals surface area contributed by atoms with E-state index in [1.165, 1.54) is 57.8 Å². The van der Waals surface area contributed by atoms with Gasteiger partial charge in [-0.2, -0.15) is 0 Å². The standard InChI is InChI=1S/C40H66O6/c1-3-5-7-9-11-12-13-14-18-21-25-29-33-39(43)45-36-38(35-41)46-40(44)34-30-26-22-19-16-15-17-20-24-28-32-37(42)31-27-23-10-8-6-4-2/h6,8,15-16,20,22-24,26-28,32,37-38,41-42H,3-5,7,9-14,17-19,21,25,29-31,33-36H2,1-2H3/b8-6-,16-15-,24-20-,26-22-,27-23-,32-28+/t37?,38-/m0/s1. The van der Waals surface area contributed by atoms with Crippen LogP contribution in [0.5, 0.6) is 0 Å². The van der Waals surface area contributed by atoms with E-state index in [0.717, 1.165) is 44.9 Å². The zero-order valence-corrected chi connectivity index (χ0v) is 29.2. The maximum atomic E-state index is 12.1. The summed E-state index contributed by atoms with van der Waals surface area (Å²) >= 11 is 0. The van der Waals surface area contributed by atoms with Gasteiger partial charge < -0.3 is 19.7 Å². The lowest BCUT2D eigenvalue weighted by Gasteiger charge is -2.15. The molecule has 0 bridgehead atoms. The fourth-order valence-electron chi connectivity index (χ4n) is 4.60. The average Bonchev–Trinajstić information content (AvgIpc) is 3.05. The van der Waals surface area contributed by atoms with E-state index in [4.69, 9.17) is 9.47 Å². The van der Waals surface area contributed by atoms with Crippen molar-refractivity contribution in [1.82, 2.24) is 0 Å². The van der Waals surface area contributed by atoms with Crippen LogP contribution in [0.15, 0.2) is 72.9 Å². The van der Waals surface area contributed by atoms with Gasteiger partial charge in [-0.05, 0) is 44.9 Å². The van der Waals surface area contributed by atoms with Gasteiger partial charge in [-0.25, -0.2) is 0 Å². The number of unbranched alkanes of at least 4 members (excludes halogenated alkanes) is 11. The van der Waals surface area contributed by atoms with Gasteiger partial charge in [0.25, 0.3) is 0 Å². The molecule has 0 aliphatic rings. The first kappa shape index (κ1) is 43.3. The highest BCUT2D eigenvalue weighted by Crippen LogP contribution is 2.13. The summed E-state index contributed by atoms with van der Waals surface area (Å²) in [5.74, 6) is -0.724. The van der Waals surface area contributed by atoms with E-state index in [1.54, 1.807) is 6.08 Å². The Bertz CT molecular complexity index is 882. The Kier molecular flexibility index (Phi) is 33.1. The molecule has 0 aliphatic heterocycles. The number of carbonyl (C=O) groups is 2. The van der Waals surface area contributed by atoms with Crippen LogP contribution >= 0.6 is 0 Å². The SMILES string of the molecule is CC/C=C\C/C=C\CC(O)/C=C/C=C\C/C=C\C/C=C\CCC(=O)O[C@@H](CO)COC(=O)CCCCCCCCCCCCCC. The topological polar surface area (TPSA) is 93.1 Å². The summed E-state index contributed by atoms with van der Waals surface area (Å²) in [5, 5.41) is 19.4. The molecular weight excluding hydrogens is 576 g/mol. The lowest BCUT2D eigenvalue weighted by Crippen LogP contribution is -2.28. The third-order valence-corrected chi connectivity index (χ3v) is 7.36. The number of allylic oxidation sites excluding steroid dienone is 10. The molecule has 0 aromatic carbocycles. The van der Waals surface area contributed by atoms with E-state index in [9.17, 15) is 19.8 Å². The molecule has 0 fully saturated rings. The van der Waals surface area contributed by atoms with Gasteiger partial charge in [-0.1, -0.05) is 157 Å². The lowest BCUT2D eigenvalue weighted by atomic mass is 10.0. The van der Waals surface area contributed by atoms with Crippen molar-refractivity contribution in [2.45, 2.75) is 154 Å². The van der Waals surface area contributed by atoms with Crippen LogP contribution in [0.3, 0.4) is 0 Å². The van der Waals surface area contributed by atoms with Gasteiger partial charge in [0.15, 0.2) is 6.10 Å². The molecule has 1 unspecified atom stereocenters. The van der Waals surface area contributed by atoms with Crippen molar-refractivity contribution >= 4 is 11.9 Å². The fourth-order valence-corrected chi connectivity index (χ4v) is 4.60. The molecule has 2 N–H and O–H groups in total. The Labute approximate surface area is 281 Å². The predicted molar refractivity (Wildman–Crippen MR) is 192 cm³/mol. The molecule has 0 heterocycles. The summed E-state index contributed by atoms with van der Waals surface area (Å²) in [6.45, 7) is 3.87. The number of aliphatic hydroxyl groups is 2. The number of aliphatic hydroxyl groups excluding tert-OH is 2. The summed E-state index contributed by atoms with van der Waals surface area (Å²) in [7, 11) is 0. The van der Waals surface area contributed by atoms with Gasteiger partial charge in [0.1, 0.15) is 6.61 Å². The molecule has 0 amide bonds. The summed E-state index contributed by atoms with van der Waals surface area (Å²) < 4.78 is 10.5. The Morgan fingerprint density at radius 1 is 0.630 bits per heavy atom. The van der Waals surface area contributed by atoms with Gasteiger partial charge in [0.05, 0.1) is 12.7 Å². The van der Waals surface area contributed by atoms with Crippen molar-refractivity contribution in [3.05, 3.63) is 72.9 Å². The van der Waals surface area contributed by atoms with Crippen LogP contribution in [0.1, 0.15) is 142 Å². The number of ether oxygens (including phenoxy) is 2. The second-order valence-electron chi connectivity index (χ2n) is 11.8. The molecule has 0 aromatic heterocycles. The monoisotopic (exact) mass is 642 g/mol. The fraction of sp³-hybridized carbons (Fsp3) is 0.650. The average molecular weight is 643 g/mol. The van der Waals surface area contributed by atoms with Crippen molar-refractivity contribution < 1.29 is 29.3 Å². The van der Waals surface area contributed by atoms with E-state index in [2.05, 4.69) is 44.2 Å². The Balaban J connectivity index is 3.82. The van der Waals surface area contributed by atoms with Gasteiger partial charge in [-0.3, -0.25) is 9.59 Å². The highest BCUT2D eigenvalue weighted by atomic mass is 16.6. The van der Waals surface area contributed by atoms with Crippen molar-refractivity contribution in [2.75, 3.05) is 13.2 Å². The number of hydrogen-bond acceptors (Lipinski definition) is 6. The largest absolute Gasteiger partial charge is 0.462 e. The molecule has 6 heteroatoms. The Morgan fingerprint density at radius 2 is 1.20 bits per heavy atom. The summed E-state index contributed by atoms with van der Waals surface area (Å²) in [4.78, 5) is 24.1. The molecule has 0 aromatic rings. The van der Waals surface area contributed by atoms with Crippen LogP contribution in [0.25, 0.3) is 0 Å². The molecule has 0 rings (SSSR count). The minimum absolute atomic E-state index is 0.112. The minimum Gasteiger partial charge on any atom is -0.462 e.